The zero-order valence-electron chi connectivity index (χ0n) is 12.1. The number of Topliss-reactive ketones (excluding diaryl/α,β-unsaturated/α-hetero) is 1. The molecule has 18 heavy (non-hydrogen) atoms. The van der Waals surface area contributed by atoms with Gasteiger partial charge in [0.2, 0.25) is 0 Å². The molecule has 0 spiro atoms. The SMILES string of the molecule is CC(C)(CC(=O)CC1CC1)NC(=O)OC(C)(C)C. The van der Waals surface area contributed by atoms with E-state index in [0.717, 1.165) is 0 Å². The summed E-state index contributed by atoms with van der Waals surface area (Å²) in [6, 6.07) is 0. The monoisotopic (exact) mass is 255 g/mol. The average molecular weight is 255 g/mol. The molecule has 1 amide bonds. The fraction of sp³-hybridized carbons (Fsp3) is 0.857. The van der Waals surface area contributed by atoms with Gasteiger partial charge in [-0.15, -0.1) is 0 Å². The van der Waals surface area contributed by atoms with E-state index in [9.17, 15) is 9.59 Å². The van der Waals surface area contributed by atoms with Gasteiger partial charge >= 0.3 is 6.09 Å². The molecule has 1 aliphatic carbocycles. The van der Waals surface area contributed by atoms with Gasteiger partial charge in [0.15, 0.2) is 0 Å². The van der Waals surface area contributed by atoms with Gasteiger partial charge < -0.3 is 10.1 Å². The lowest BCUT2D eigenvalue weighted by Gasteiger charge is -2.28. The Balaban J connectivity index is 2.37. The Kier molecular flexibility index (Phi) is 4.41. The van der Waals surface area contributed by atoms with Crippen LogP contribution in [-0.2, 0) is 9.53 Å². The van der Waals surface area contributed by atoms with Gasteiger partial charge in [0, 0.05) is 18.4 Å². The van der Waals surface area contributed by atoms with Crippen LogP contribution in [0.15, 0.2) is 0 Å². The van der Waals surface area contributed by atoms with Gasteiger partial charge in [-0.3, -0.25) is 4.79 Å². The second kappa shape index (κ2) is 5.29. The molecule has 1 rings (SSSR count). The van der Waals surface area contributed by atoms with Crippen LogP contribution < -0.4 is 5.32 Å². The maximum atomic E-state index is 11.8. The first kappa shape index (κ1) is 15.0. The van der Waals surface area contributed by atoms with Crippen molar-refractivity contribution in [2.75, 3.05) is 0 Å². The molecular weight excluding hydrogens is 230 g/mol. The predicted molar refractivity (Wildman–Crippen MR) is 70.4 cm³/mol. The number of ketones is 1. The molecule has 104 valence electrons. The number of nitrogens with one attached hydrogen (secondary N) is 1. The summed E-state index contributed by atoms with van der Waals surface area (Å²) >= 11 is 0. The minimum absolute atomic E-state index is 0.221. The van der Waals surface area contributed by atoms with Crippen LogP contribution in [-0.4, -0.2) is 23.0 Å². The number of alkyl carbamates (subject to hydrolysis) is 1. The van der Waals surface area contributed by atoms with E-state index in [0.29, 0.717) is 18.8 Å². The third kappa shape index (κ3) is 6.62. The Labute approximate surface area is 109 Å². The highest BCUT2D eigenvalue weighted by Gasteiger charge is 2.30. The number of ether oxygens (including phenoxy) is 1. The molecule has 1 aliphatic rings. The normalized spacial score (nSPS) is 16.3. The van der Waals surface area contributed by atoms with Crippen LogP contribution in [0.2, 0.25) is 0 Å². The van der Waals surface area contributed by atoms with Crippen molar-refractivity contribution < 1.29 is 14.3 Å². The maximum Gasteiger partial charge on any atom is 0.408 e. The minimum atomic E-state index is -0.547. The fourth-order valence-corrected chi connectivity index (χ4v) is 1.83. The van der Waals surface area contributed by atoms with Gasteiger partial charge in [0.1, 0.15) is 11.4 Å². The fourth-order valence-electron chi connectivity index (χ4n) is 1.83. The van der Waals surface area contributed by atoms with E-state index in [1.165, 1.54) is 12.8 Å². The van der Waals surface area contributed by atoms with Crippen molar-refractivity contribution in [3.63, 3.8) is 0 Å². The maximum absolute atomic E-state index is 11.8. The molecule has 0 aromatic rings. The predicted octanol–water partition coefficient (Wildman–Crippen LogP) is 3.05. The first-order chi connectivity index (χ1) is 8.07. The summed E-state index contributed by atoms with van der Waals surface area (Å²) < 4.78 is 5.19. The van der Waals surface area contributed by atoms with E-state index < -0.39 is 17.2 Å². The molecule has 1 fully saturated rings. The summed E-state index contributed by atoms with van der Waals surface area (Å²) in [5.74, 6) is 0.813. The van der Waals surface area contributed by atoms with Crippen LogP contribution in [0.3, 0.4) is 0 Å². The lowest BCUT2D eigenvalue weighted by Crippen LogP contribution is -2.47. The Bertz CT molecular complexity index is 324. The summed E-state index contributed by atoms with van der Waals surface area (Å²) in [6.45, 7) is 9.15. The molecule has 0 aliphatic heterocycles. The molecule has 0 unspecified atom stereocenters. The average Bonchev–Trinajstić information content (AvgIpc) is 2.79. The van der Waals surface area contributed by atoms with Crippen molar-refractivity contribution in [1.82, 2.24) is 5.32 Å². The highest BCUT2D eigenvalue weighted by molar-refractivity contribution is 5.81. The third-order valence-electron chi connectivity index (χ3n) is 2.69. The van der Waals surface area contributed by atoms with Crippen molar-refractivity contribution in [3.05, 3.63) is 0 Å². The van der Waals surface area contributed by atoms with E-state index >= 15 is 0 Å². The van der Waals surface area contributed by atoms with Crippen molar-refractivity contribution in [1.29, 1.82) is 0 Å². The molecule has 4 nitrogen and oxygen atoms in total. The third-order valence-corrected chi connectivity index (χ3v) is 2.69. The Hall–Kier alpha value is -1.06. The van der Waals surface area contributed by atoms with Gasteiger partial charge in [-0.2, -0.15) is 0 Å². The van der Waals surface area contributed by atoms with Gasteiger partial charge in [0.25, 0.3) is 0 Å². The highest BCUT2D eigenvalue weighted by atomic mass is 16.6. The van der Waals surface area contributed by atoms with Crippen LogP contribution in [0, 0.1) is 5.92 Å². The quantitative estimate of drug-likeness (QED) is 0.821. The number of amides is 1. The van der Waals surface area contributed by atoms with Crippen molar-refractivity contribution >= 4 is 11.9 Å². The Morgan fingerprint density at radius 1 is 1.17 bits per heavy atom. The first-order valence-corrected chi connectivity index (χ1v) is 6.60. The first-order valence-electron chi connectivity index (χ1n) is 6.60. The Morgan fingerprint density at radius 3 is 2.17 bits per heavy atom. The Morgan fingerprint density at radius 2 is 1.72 bits per heavy atom. The van der Waals surface area contributed by atoms with E-state index in [4.69, 9.17) is 4.74 Å². The van der Waals surface area contributed by atoms with E-state index in [2.05, 4.69) is 5.32 Å². The second-order valence-electron chi connectivity index (χ2n) is 6.87. The molecule has 1 saturated carbocycles. The van der Waals surface area contributed by atoms with Gasteiger partial charge in [-0.1, -0.05) is 0 Å². The summed E-state index contributed by atoms with van der Waals surface area (Å²) in [5, 5.41) is 2.76. The summed E-state index contributed by atoms with van der Waals surface area (Å²) in [5.41, 5.74) is -1.06. The lowest BCUT2D eigenvalue weighted by molar-refractivity contribution is -0.120. The van der Waals surface area contributed by atoms with Crippen LogP contribution >= 0.6 is 0 Å². The smallest absolute Gasteiger partial charge is 0.408 e. The van der Waals surface area contributed by atoms with Crippen molar-refractivity contribution in [2.24, 2.45) is 5.92 Å². The molecule has 0 heterocycles. The standard InChI is InChI=1S/C14H25NO3/c1-13(2,3)18-12(17)15-14(4,5)9-11(16)8-10-6-7-10/h10H,6-9H2,1-5H3,(H,15,17). The highest BCUT2D eigenvalue weighted by Crippen LogP contribution is 2.33. The topological polar surface area (TPSA) is 55.4 Å². The molecule has 0 radical (unpaired) electrons. The molecule has 1 N–H and O–H groups in total. The van der Waals surface area contributed by atoms with E-state index in [-0.39, 0.29) is 5.78 Å². The van der Waals surface area contributed by atoms with Crippen LogP contribution in [0.25, 0.3) is 0 Å². The van der Waals surface area contributed by atoms with Crippen LogP contribution in [0.5, 0.6) is 0 Å². The van der Waals surface area contributed by atoms with Crippen molar-refractivity contribution in [3.8, 4) is 0 Å². The molecule has 0 bridgehead atoms. The van der Waals surface area contributed by atoms with Gasteiger partial charge in [-0.05, 0) is 53.4 Å². The number of hydrogen-bond acceptors (Lipinski definition) is 3. The van der Waals surface area contributed by atoms with E-state index in [1.54, 1.807) is 0 Å². The van der Waals surface area contributed by atoms with Crippen LogP contribution in [0.1, 0.15) is 60.3 Å². The largest absolute Gasteiger partial charge is 0.444 e. The minimum Gasteiger partial charge on any atom is -0.444 e. The molecule has 0 saturated heterocycles. The molecule has 0 aromatic heterocycles. The van der Waals surface area contributed by atoms with Crippen molar-refractivity contribution in [2.45, 2.75) is 71.4 Å². The second-order valence-corrected chi connectivity index (χ2v) is 6.87. The molecule has 0 atom stereocenters. The summed E-state index contributed by atoms with van der Waals surface area (Å²) in [7, 11) is 0. The number of hydrogen-bond donors (Lipinski definition) is 1. The van der Waals surface area contributed by atoms with Crippen LogP contribution in [0.4, 0.5) is 4.79 Å². The van der Waals surface area contributed by atoms with Gasteiger partial charge in [0.05, 0.1) is 0 Å². The number of carbonyl (C=O) groups excluding carboxylic acids is 2. The van der Waals surface area contributed by atoms with Gasteiger partial charge in [-0.25, -0.2) is 4.79 Å². The summed E-state index contributed by atoms with van der Waals surface area (Å²) in [4.78, 5) is 23.4. The molecule has 0 aromatic carbocycles. The molecule has 4 heteroatoms. The molecular formula is C14H25NO3. The zero-order valence-corrected chi connectivity index (χ0v) is 12.1. The number of rotatable bonds is 5. The lowest BCUT2D eigenvalue weighted by atomic mass is 9.95. The van der Waals surface area contributed by atoms with E-state index in [1.807, 2.05) is 34.6 Å². The summed E-state index contributed by atoms with van der Waals surface area (Å²) in [6.07, 6.45) is 2.89. The number of carbonyl (C=O) groups is 2. The zero-order chi connectivity index (χ0) is 14.0.